The minimum atomic E-state index is -0.169. The van der Waals surface area contributed by atoms with Gasteiger partial charge in [-0.3, -0.25) is 9.78 Å². The number of unbranched alkanes of at least 4 members (excludes halogenated alkanes) is 1. The van der Waals surface area contributed by atoms with Crippen molar-refractivity contribution >= 4 is 22.4 Å². The van der Waals surface area contributed by atoms with Gasteiger partial charge in [-0.15, -0.1) is 5.10 Å². The van der Waals surface area contributed by atoms with Crippen LogP contribution in [0.1, 0.15) is 25.3 Å². The number of aromatic nitrogens is 4. The average Bonchev–Trinajstić information content (AvgIpc) is 3.23. The minimum absolute atomic E-state index is 0.169. The molecule has 0 aliphatic rings. The average molecular weight is 378 g/mol. The number of thiazole rings is 1. The molecule has 27 heavy (non-hydrogen) atoms. The Balaban J connectivity index is 1.61. The molecular weight excluding hydrogens is 360 g/mol. The monoisotopic (exact) mass is 378 g/mol. The number of hydrogen-bond donors (Lipinski definition) is 0. The van der Waals surface area contributed by atoms with Crippen LogP contribution in [0.3, 0.4) is 0 Å². The van der Waals surface area contributed by atoms with Crippen LogP contribution < -0.4 is 14.8 Å². The van der Waals surface area contributed by atoms with E-state index in [0.717, 1.165) is 29.7 Å². The molecule has 0 amide bonds. The van der Waals surface area contributed by atoms with Gasteiger partial charge in [-0.1, -0.05) is 30.7 Å². The van der Waals surface area contributed by atoms with E-state index in [4.69, 9.17) is 4.74 Å². The highest BCUT2D eigenvalue weighted by Gasteiger charge is 2.12. The molecule has 1 aromatic carbocycles. The summed E-state index contributed by atoms with van der Waals surface area (Å²) in [5.74, 6) is 1.36. The summed E-state index contributed by atoms with van der Waals surface area (Å²) in [6.45, 7) is 2.84. The van der Waals surface area contributed by atoms with Crippen molar-refractivity contribution in [3.8, 4) is 17.1 Å². The smallest absolute Gasteiger partial charge is 0.291 e. The molecule has 0 saturated heterocycles. The Morgan fingerprint density at radius 1 is 1.22 bits per heavy atom. The first-order valence-electron chi connectivity index (χ1n) is 8.79. The third-order valence-electron chi connectivity index (χ3n) is 4.04. The van der Waals surface area contributed by atoms with Crippen LogP contribution in [0.15, 0.2) is 53.6 Å². The van der Waals surface area contributed by atoms with E-state index >= 15 is 0 Å². The van der Waals surface area contributed by atoms with Crippen molar-refractivity contribution in [2.24, 2.45) is 0 Å². The van der Waals surface area contributed by atoms with Crippen molar-refractivity contribution in [1.82, 2.24) is 19.6 Å². The van der Waals surface area contributed by atoms with Gasteiger partial charge in [0.25, 0.3) is 5.56 Å². The number of ether oxygens (including phenoxy) is 1. The Kier molecular flexibility index (Phi) is 4.93. The van der Waals surface area contributed by atoms with Gasteiger partial charge >= 0.3 is 0 Å². The minimum Gasteiger partial charge on any atom is -0.494 e. The number of nitrogens with zero attached hydrogens (tertiary/aromatic N) is 4. The second kappa shape index (κ2) is 7.67. The van der Waals surface area contributed by atoms with Gasteiger partial charge in [0.05, 0.1) is 11.1 Å². The van der Waals surface area contributed by atoms with Crippen LogP contribution >= 0.6 is 11.3 Å². The van der Waals surface area contributed by atoms with Crippen molar-refractivity contribution in [3.63, 3.8) is 0 Å². The molecule has 0 fully saturated rings. The number of hydrogen-bond acceptors (Lipinski definition) is 6. The fraction of sp³-hybridized carbons (Fsp3) is 0.200. The summed E-state index contributed by atoms with van der Waals surface area (Å²) >= 11 is 1.32. The van der Waals surface area contributed by atoms with Gasteiger partial charge in [0, 0.05) is 18.0 Å². The van der Waals surface area contributed by atoms with Gasteiger partial charge in [-0.2, -0.15) is 9.50 Å². The second-order valence-electron chi connectivity index (χ2n) is 6.06. The van der Waals surface area contributed by atoms with Crippen LogP contribution in [-0.4, -0.2) is 26.2 Å². The third-order valence-corrected chi connectivity index (χ3v) is 5.00. The lowest BCUT2D eigenvalue weighted by atomic mass is 10.2. The molecule has 3 aromatic heterocycles. The van der Waals surface area contributed by atoms with Gasteiger partial charge in [0.2, 0.25) is 4.96 Å². The molecule has 0 unspecified atom stereocenters. The van der Waals surface area contributed by atoms with Crippen LogP contribution in [0.5, 0.6) is 5.75 Å². The quantitative estimate of drug-likeness (QED) is 0.483. The first-order valence-corrected chi connectivity index (χ1v) is 9.61. The lowest BCUT2D eigenvalue weighted by molar-refractivity contribution is 0.309. The molecule has 0 saturated carbocycles. The van der Waals surface area contributed by atoms with E-state index < -0.39 is 0 Å². The van der Waals surface area contributed by atoms with Gasteiger partial charge in [-0.05, 0) is 48.4 Å². The largest absolute Gasteiger partial charge is 0.494 e. The highest BCUT2D eigenvalue weighted by atomic mass is 32.1. The molecule has 0 N–H and O–H groups in total. The van der Waals surface area contributed by atoms with Gasteiger partial charge in [-0.25, -0.2) is 0 Å². The molecule has 0 bridgehead atoms. The van der Waals surface area contributed by atoms with E-state index in [1.165, 1.54) is 15.9 Å². The zero-order chi connectivity index (χ0) is 18.6. The number of fused-ring (bicyclic) bond motifs is 1. The lowest BCUT2D eigenvalue weighted by Crippen LogP contribution is -2.23. The number of benzene rings is 1. The van der Waals surface area contributed by atoms with Crippen molar-refractivity contribution in [3.05, 3.63) is 69.2 Å². The summed E-state index contributed by atoms with van der Waals surface area (Å²) in [5, 5.41) is 4.38. The normalized spacial score (nSPS) is 12.0. The topological polar surface area (TPSA) is 69.4 Å². The van der Waals surface area contributed by atoms with Crippen molar-refractivity contribution in [2.75, 3.05) is 6.61 Å². The fourth-order valence-corrected chi connectivity index (χ4v) is 3.51. The molecule has 0 spiro atoms. The Morgan fingerprint density at radius 3 is 2.78 bits per heavy atom. The number of pyridine rings is 1. The molecule has 4 rings (SSSR count). The van der Waals surface area contributed by atoms with Crippen molar-refractivity contribution in [1.29, 1.82) is 0 Å². The first-order chi connectivity index (χ1) is 13.2. The zero-order valence-electron chi connectivity index (χ0n) is 14.8. The predicted molar refractivity (Wildman–Crippen MR) is 106 cm³/mol. The van der Waals surface area contributed by atoms with E-state index in [2.05, 4.69) is 22.0 Å². The third kappa shape index (κ3) is 3.73. The van der Waals surface area contributed by atoms with Crippen LogP contribution in [0.25, 0.3) is 22.4 Å². The summed E-state index contributed by atoms with van der Waals surface area (Å²) in [6, 6.07) is 11.4. The second-order valence-corrected chi connectivity index (χ2v) is 7.07. The molecule has 0 aliphatic heterocycles. The fourth-order valence-electron chi connectivity index (χ4n) is 2.60. The number of rotatable bonds is 6. The maximum atomic E-state index is 12.6. The van der Waals surface area contributed by atoms with Crippen molar-refractivity contribution in [2.45, 2.75) is 19.8 Å². The molecule has 0 aliphatic carbocycles. The van der Waals surface area contributed by atoms with Gasteiger partial charge in [0.1, 0.15) is 5.75 Å². The summed E-state index contributed by atoms with van der Waals surface area (Å²) in [6.07, 6.45) is 7.35. The van der Waals surface area contributed by atoms with Crippen LogP contribution in [0.4, 0.5) is 0 Å². The predicted octanol–water partition coefficient (Wildman–Crippen LogP) is 2.94. The van der Waals surface area contributed by atoms with Gasteiger partial charge < -0.3 is 4.74 Å². The molecule has 136 valence electrons. The SMILES string of the molecule is CCCCOc1ccc(-c2nc3s/c(=C/c4cccnc4)c(=O)n3n2)cc1. The maximum Gasteiger partial charge on any atom is 0.291 e. The van der Waals surface area contributed by atoms with E-state index in [1.807, 2.05) is 36.4 Å². The van der Waals surface area contributed by atoms with E-state index in [0.29, 0.717) is 21.9 Å². The Hall–Kier alpha value is -3.06. The standard InChI is InChI=1S/C20H18N4O2S/c1-2-3-11-26-16-8-6-15(7-9-16)18-22-20-24(23-18)19(25)17(27-20)12-14-5-4-10-21-13-14/h4-10,12-13H,2-3,11H2,1H3/b17-12+. The molecule has 4 aromatic rings. The summed E-state index contributed by atoms with van der Waals surface area (Å²) in [4.78, 5) is 21.7. The molecule has 3 heterocycles. The van der Waals surface area contributed by atoms with Crippen LogP contribution in [0, 0.1) is 0 Å². The van der Waals surface area contributed by atoms with Gasteiger partial charge in [0.15, 0.2) is 5.82 Å². The molecule has 6 nitrogen and oxygen atoms in total. The molecular formula is C20H18N4O2S. The molecule has 7 heteroatoms. The van der Waals surface area contributed by atoms with E-state index in [9.17, 15) is 4.79 Å². The summed E-state index contributed by atoms with van der Waals surface area (Å²) < 4.78 is 7.61. The maximum absolute atomic E-state index is 12.6. The molecule has 0 atom stereocenters. The summed E-state index contributed by atoms with van der Waals surface area (Å²) in [5.41, 5.74) is 1.56. The highest BCUT2D eigenvalue weighted by molar-refractivity contribution is 7.15. The first kappa shape index (κ1) is 17.4. The summed E-state index contributed by atoms with van der Waals surface area (Å²) in [7, 11) is 0. The Morgan fingerprint density at radius 2 is 2.07 bits per heavy atom. The van der Waals surface area contributed by atoms with E-state index in [-0.39, 0.29) is 5.56 Å². The van der Waals surface area contributed by atoms with E-state index in [1.54, 1.807) is 18.5 Å². The zero-order valence-corrected chi connectivity index (χ0v) is 15.6. The Labute approximate surface area is 159 Å². The lowest BCUT2D eigenvalue weighted by Gasteiger charge is -2.05. The van der Waals surface area contributed by atoms with Crippen LogP contribution in [0.2, 0.25) is 0 Å². The molecule has 0 radical (unpaired) electrons. The highest BCUT2D eigenvalue weighted by Crippen LogP contribution is 2.20. The van der Waals surface area contributed by atoms with Crippen molar-refractivity contribution < 1.29 is 4.74 Å². The van der Waals surface area contributed by atoms with Crippen LogP contribution in [-0.2, 0) is 0 Å². The Bertz CT molecular complexity index is 1150.